The molecule has 0 amide bonds. The first-order valence-corrected chi connectivity index (χ1v) is 6.73. The van der Waals surface area contributed by atoms with E-state index in [0.717, 1.165) is 25.1 Å². The Balaban J connectivity index is 1.90. The number of hydrogen-bond acceptors (Lipinski definition) is 2. The zero-order chi connectivity index (χ0) is 12.6. The lowest BCUT2D eigenvalue weighted by Crippen LogP contribution is -2.63. The van der Waals surface area contributed by atoms with Gasteiger partial charge in [0.15, 0.2) is 0 Å². The van der Waals surface area contributed by atoms with Crippen LogP contribution < -0.4 is 0 Å². The number of carbonyl (C=O) groups is 1. The molecule has 1 N–H and O–H groups in total. The average Bonchev–Trinajstić information content (AvgIpc) is 2.41. The first kappa shape index (κ1) is 11.7. The van der Waals surface area contributed by atoms with Gasteiger partial charge in [-0.25, -0.2) is 0 Å². The first-order valence-electron chi connectivity index (χ1n) is 6.73. The third-order valence-electron chi connectivity index (χ3n) is 4.58. The van der Waals surface area contributed by atoms with Crippen LogP contribution in [-0.4, -0.2) is 34.6 Å². The van der Waals surface area contributed by atoms with Crippen molar-refractivity contribution in [1.29, 1.82) is 0 Å². The fraction of sp³-hybridized carbons (Fsp3) is 0.533. The molecule has 18 heavy (non-hydrogen) atoms. The first-order chi connectivity index (χ1) is 8.71. The van der Waals surface area contributed by atoms with Crippen LogP contribution in [0.1, 0.15) is 24.8 Å². The van der Waals surface area contributed by atoms with Crippen LogP contribution in [0.25, 0.3) is 0 Å². The molecule has 1 aromatic rings. The zero-order valence-electron chi connectivity index (χ0n) is 10.5. The van der Waals surface area contributed by atoms with E-state index in [1.807, 2.05) is 30.3 Å². The van der Waals surface area contributed by atoms with E-state index < -0.39 is 11.5 Å². The van der Waals surface area contributed by atoms with Crippen molar-refractivity contribution >= 4 is 5.97 Å². The van der Waals surface area contributed by atoms with Gasteiger partial charge in [0.1, 0.15) is 5.54 Å². The summed E-state index contributed by atoms with van der Waals surface area (Å²) in [5.74, 6) is -0.0365. The Bertz CT molecular complexity index is 437. The Morgan fingerprint density at radius 3 is 2.44 bits per heavy atom. The van der Waals surface area contributed by atoms with Crippen molar-refractivity contribution in [2.24, 2.45) is 5.92 Å². The highest BCUT2D eigenvalue weighted by Crippen LogP contribution is 2.41. The number of benzene rings is 1. The lowest BCUT2D eigenvalue weighted by atomic mass is 9.72. The van der Waals surface area contributed by atoms with Crippen LogP contribution in [0.15, 0.2) is 30.3 Å². The summed E-state index contributed by atoms with van der Waals surface area (Å²) >= 11 is 0. The molecule has 3 aliphatic rings. The monoisotopic (exact) mass is 245 g/mol. The SMILES string of the molecule is O=C(O)C1(Cc2ccccc2)CC2CCN1CC2. The van der Waals surface area contributed by atoms with E-state index in [1.54, 1.807) is 0 Å². The summed E-state index contributed by atoms with van der Waals surface area (Å²) in [5, 5.41) is 9.73. The third kappa shape index (κ3) is 1.83. The van der Waals surface area contributed by atoms with Crippen molar-refractivity contribution in [3.05, 3.63) is 35.9 Å². The molecule has 1 unspecified atom stereocenters. The quantitative estimate of drug-likeness (QED) is 0.887. The maximum absolute atomic E-state index is 11.8. The summed E-state index contributed by atoms with van der Waals surface area (Å²) in [6.07, 6.45) is 3.80. The Labute approximate surface area is 107 Å². The third-order valence-corrected chi connectivity index (χ3v) is 4.58. The van der Waals surface area contributed by atoms with Crippen LogP contribution in [-0.2, 0) is 11.2 Å². The minimum Gasteiger partial charge on any atom is -0.480 e. The zero-order valence-corrected chi connectivity index (χ0v) is 10.5. The topological polar surface area (TPSA) is 40.5 Å². The molecule has 3 heteroatoms. The summed E-state index contributed by atoms with van der Waals surface area (Å²) in [6, 6.07) is 10.0. The molecule has 1 aromatic carbocycles. The second-order valence-corrected chi connectivity index (χ2v) is 5.63. The van der Waals surface area contributed by atoms with E-state index in [2.05, 4.69) is 4.90 Å². The largest absolute Gasteiger partial charge is 0.480 e. The van der Waals surface area contributed by atoms with Gasteiger partial charge in [-0.2, -0.15) is 0 Å². The molecule has 3 nitrogen and oxygen atoms in total. The standard InChI is InChI=1S/C15H19NO2/c17-14(18)15(10-12-4-2-1-3-5-12)11-13-6-8-16(15)9-7-13/h1-5,13H,6-11H2,(H,17,18). The van der Waals surface area contributed by atoms with Crippen LogP contribution in [0.2, 0.25) is 0 Å². The number of carboxylic acid groups (broad SMARTS) is 1. The molecular formula is C15H19NO2. The summed E-state index contributed by atoms with van der Waals surface area (Å²) < 4.78 is 0. The molecule has 0 spiro atoms. The number of aliphatic carboxylic acids is 1. The van der Waals surface area contributed by atoms with Crippen molar-refractivity contribution in [3.63, 3.8) is 0 Å². The van der Waals surface area contributed by atoms with E-state index in [9.17, 15) is 9.90 Å². The number of piperidine rings is 3. The second-order valence-electron chi connectivity index (χ2n) is 5.63. The van der Waals surface area contributed by atoms with Gasteiger partial charge < -0.3 is 5.11 Å². The number of fused-ring (bicyclic) bond motifs is 3. The highest BCUT2D eigenvalue weighted by molar-refractivity contribution is 5.79. The Kier molecular flexibility index (Phi) is 2.86. The predicted octanol–water partition coefficient (Wildman–Crippen LogP) is 2.17. The molecular weight excluding hydrogens is 226 g/mol. The summed E-state index contributed by atoms with van der Waals surface area (Å²) in [5.41, 5.74) is 0.482. The van der Waals surface area contributed by atoms with Crippen LogP contribution in [0.4, 0.5) is 0 Å². The Morgan fingerprint density at radius 1 is 1.28 bits per heavy atom. The van der Waals surface area contributed by atoms with Crippen LogP contribution >= 0.6 is 0 Å². The van der Waals surface area contributed by atoms with Crippen LogP contribution in [0, 0.1) is 5.92 Å². The highest BCUT2D eigenvalue weighted by Gasteiger charge is 2.51. The lowest BCUT2D eigenvalue weighted by Gasteiger charge is -2.52. The smallest absolute Gasteiger partial charge is 0.324 e. The molecule has 0 radical (unpaired) electrons. The van der Waals surface area contributed by atoms with Gasteiger partial charge in [-0.1, -0.05) is 30.3 Å². The molecule has 3 heterocycles. The summed E-state index contributed by atoms with van der Waals surface area (Å²) in [6.45, 7) is 1.90. The van der Waals surface area contributed by atoms with Crippen LogP contribution in [0.3, 0.4) is 0 Å². The number of carboxylic acids is 1. The molecule has 3 fully saturated rings. The Hall–Kier alpha value is -1.35. The van der Waals surface area contributed by atoms with E-state index in [1.165, 1.54) is 12.8 Å². The number of nitrogens with zero attached hydrogens (tertiary/aromatic N) is 1. The molecule has 3 aliphatic heterocycles. The molecule has 4 rings (SSSR count). The molecule has 0 aromatic heterocycles. The molecule has 3 saturated heterocycles. The van der Waals surface area contributed by atoms with E-state index >= 15 is 0 Å². The van der Waals surface area contributed by atoms with E-state index in [4.69, 9.17) is 0 Å². The maximum Gasteiger partial charge on any atom is 0.324 e. The lowest BCUT2D eigenvalue weighted by molar-refractivity contribution is -0.160. The maximum atomic E-state index is 11.8. The van der Waals surface area contributed by atoms with Gasteiger partial charge in [-0.15, -0.1) is 0 Å². The molecule has 96 valence electrons. The van der Waals surface area contributed by atoms with Gasteiger partial charge in [-0.05, 0) is 43.8 Å². The normalized spacial score (nSPS) is 34.4. The van der Waals surface area contributed by atoms with Crippen molar-refractivity contribution in [1.82, 2.24) is 4.90 Å². The molecule has 0 aliphatic carbocycles. The summed E-state index contributed by atoms with van der Waals surface area (Å²) in [4.78, 5) is 14.0. The highest BCUT2D eigenvalue weighted by atomic mass is 16.4. The Morgan fingerprint density at radius 2 is 1.94 bits per heavy atom. The van der Waals surface area contributed by atoms with Gasteiger partial charge >= 0.3 is 5.97 Å². The van der Waals surface area contributed by atoms with Crippen LogP contribution in [0.5, 0.6) is 0 Å². The second kappa shape index (κ2) is 4.39. The van der Waals surface area contributed by atoms with Gasteiger partial charge in [0, 0.05) is 6.42 Å². The average molecular weight is 245 g/mol. The van der Waals surface area contributed by atoms with Crippen molar-refractivity contribution in [2.45, 2.75) is 31.2 Å². The van der Waals surface area contributed by atoms with E-state index in [-0.39, 0.29) is 0 Å². The molecule has 2 bridgehead atoms. The summed E-state index contributed by atoms with van der Waals surface area (Å²) in [7, 11) is 0. The van der Waals surface area contributed by atoms with Gasteiger partial charge in [-0.3, -0.25) is 9.69 Å². The van der Waals surface area contributed by atoms with Gasteiger partial charge in [0.2, 0.25) is 0 Å². The molecule has 1 atom stereocenters. The minimum absolute atomic E-state index is 0.606. The van der Waals surface area contributed by atoms with Gasteiger partial charge in [0.05, 0.1) is 0 Å². The van der Waals surface area contributed by atoms with Crippen molar-refractivity contribution in [2.75, 3.05) is 13.1 Å². The van der Waals surface area contributed by atoms with E-state index in [0.29, 0.717) is 12.3 Å². The minimum atomic E-state index is -0.650. The molecule has 0 saturated carbocycles. The fourth-order valence-electron chi connectivity index (χ4n) is 3.59. The van der Waals surface area contributed by atoms with Crippen molar-refractivity contribution in [3.8, 4) is 0 Å². The van der Waals surface area contributed by atoms with Gasteiger partial charge in [0.25, 0.3) is 0 Å². The predicted molar refractivity (Wildman–Crippen MR) is 69.4 cm³/mol. The number of hydrogen-bond donors (Lipinski definition) is 1. The van der Waals surface area contributed by atoms with Crippen molar-refractivity contribution < 1.29 is 9.90 Å². The number of rotatable bonds is 3. The fourth-order valence-corrected chi connectivity index (χ4v) is 3.59.